The van der Waals surface area contributed by atoms with Crippen molar-refractivity contribution in [2.75, 3.05) is 42.7 Å². The molecule has 0 aliphatic heterocycles. The molecule has 0 saturated heterocycles. The van der Waals surface area contributed by atoms with Crippen LogP contribution in [0.3, 0.4) is 0 Å². The maximum atomic E-state index is 5.75. The molecule has 3 rings (SSSR count). The largest absolute Gasteiger partial charge is 0.492 e. The van der Waals surface area contributed by atoms with E-state index in [1.807, 2.05) is 60.7 Å². The molecule has 0 amide bonds. The number of hydrogen-bond donors (Lipinski definition) is 3. The van der Waals surface area contributed by atoms with E-state index in [0.29, 0.717) is 38.2 Å². The minimum absolute atomic E-state index is 0.142. The summed E-state index contributed by atoms with van der Waals surface area (Å²) < 4.78 is 11.2. The van der Waals surface area contributed by atoms with Crippen molar-refractivity contribution in [1.29, 1.82) is 0 Å². The molecule has 2 aromatic carbocycles. The molecule has 0 aliphatic carbocycles. The summed E-state index contributed by atoms with van der Waals surface area (Å²) >= 11 is 0. The summed E-state index contributed by atoms with van der Waals surface area (Å²) in [4.78, 5) is 12.4. The highest BCUT2D eigenvalue weighted by atomic mass is 16.5. The zero-order valence-electron chi connectivity index (χ0n) is 14.8. The summed E-state index contributed by atoms with van der Waals surface area (Å²) in [5.41, 5.74) is 5.75. The molecule has 1 aromatic heterocycles. The van der Waals surface area contributed by atoms with Crippen molar-refractivity contribution in [3.05, 3.63) is 60.7 Å². The first-order valence-electron chi connectivity index (χ1n) is 8.64. The fourth-order valence-electron chi connectivity index (χ4n) is 2.25. The van der Waals surface area contributed by atoms with Crippen LogP contribution in [0.15, 0.2) is 60.7 Å². The Bertz CT molecular complexity index is 751. The van der Waals surface area contributed by atoms with Crippen molar-refractivity contribution in [1.82, 2.24) is 15.0 Å². The number of benzene rings is 2. The minimum atomic E-state index is 0.142. The van der Waals surface area contributed by atoms with Crippen LogP contribution in [-0.2, 0) is 0 Å². The minimum Gasteiger partial charge on any atom is -0.492 e. The Morgan fingerprint density at radius 2 is 1.11 bits per heavy atom. The third kappa shape index (κ3) is 6.35. The van der Waals surface area contributed by atoms with Crippen LogP contribution >= 0.6 is 0 Å². The number of aromatic nitrogens is 3. The summed E-state index contributed by atoms with van der Waals surface area (Å²) in [6, 6.07) is 19.2. The molecule has 3 aromatic rings. The number of hydrogen-bond acceptors (Lipinski definition) is 8. The zero-order chi connectivity index (χ0) is 18.7. The monoisotopic (exact) mass is 366 g/mol. The first-order valence-corrected chi connectivity index (χ1v) is 8.64. The molecule has 0 bridgehead atoms. The molecule has 0 radical (unpaired) electrons. The van der Waals surface area contributed by atoms with Crippen molar-refractivity contribution in [3.63, 3.8) is 0 Å². The van der Waals surface area contributed by atoms with Crippen LogP contribution in [0.5, 0.6) is 11.5 Å². The van der Waals surface area contributed by atoms with Gasteiger partial charge in [-0.15, -0.1) is 0 Å². The summed E-state index contributed by atoms with van der Waals surface area (Å²) in [6.45, 7) is 2.02. The van der Waals surface area contributed by atoms with Gasteiger partial charge in [-0.25, -0.2) is 0 Å². The van der Waals surface area contributed by atoms with Gasteiger partial charge in [0, 0.05) is 0 Å². The van der Waals surface area contributed by atoms with Crippen molar-refractivity contribution < 1.29 is 9.47 Å². The molecular formula is C19H22N6O2. The van der Waals surface area contributed by atoms with Crippen LogP contribution in [0, 0.1) is 0 Å². The zero-order valence-corrected chi connectivity index (χ0v) is 14.8. The number of nitrogen functional groups attached to an aromatic ring is 1. The van der Waals surface area contributed by atoms with Gasteiger partial charge in [-0.1, -0.05) is 36.4 Å². The third-order valence-corrected chi connectivity index (χ3v) is 3.45. The van der Waals surface area contributed by atoms with Gasteiger partial charge in [-0.05, 0) is 24.3 Å². The molecule has 8 nitrogen and oxygen atoms in total. The molecule has 1 heterocycles. The molecule has 27 heavy (non-hydrogen) atoms. The first-order chi connectivity index (χ1) is 13.3. The van der Waals surface area contributed by atoms with Gasteiger partial charge in [0.2, 0.25) is 17.8 Å². The van der Waals surface area contributed by atoms with E-state index in [1.165, 1.54) is 0 Å². The quantitative estimate of drug-likeness (QED) is 0.470. The average Bonchev–Trinajstić information content (AvgIpc) is 2.70. The molecule has 0 aliphatic rings. The van der Waals surface area contributed by atoms with Crippen LogP contribution in [0.4, 0.5) is 17.8 Å². The molecule has 0 spiro atoms. The van der Waals surface area contributed by atoms with Crippen LogP contribution < -0.4 is 25.8 Å². The van der Waals surface area contributed by atoms with Crippen LogP contribution in [0.25, 0.3) is 0 Å². The second-order valence-corrected chi connectivity index (χ2v) is 5.52. The smallest absolute Gasteiger partial charge is 0.229 e. The molecule has 0 fully saturated rings. The molecule has 0 unspecified atom stereocenters. The lowest BCUT2D eigenvalue weighted by molar-refractivity contribution is 0.332. The Hall–Kier alpha value is -3.55. The van der Waals surface area contributed by atoms with Gasteiger partial charge in [0.05, 0.1) is 13.1 Å². The molecule has 0 atom stereocenters. The molecular weight excluding hydrogens is 344 g/mol. The van der Waals surface area contributed by atoms with Crippen molar-refractivity contribution in [2.45, 2.75) is 0 Å². The van der Waals surface area contributed by atoms with Gasteiger partial charge < -0.3 is 25.8 Å². The number of nitrogens with two attached hydrogens (primary N) is 1. The first kappa shape index (κ1) is 18.2. The second-order valence-electron chi connectivity index (χ2n) is 5.52. The number of nitrogens with one attached hydrogen (secondary N) is 2. The van der Waals surface area contributed by atoms with E-state index in [1.54, 1.807) is 0 Å². The van der Waals surface area contributed by atoms with Gasteiger partial charge >= 0.3 is 0 Å². The predicted octanol–water partition coefficient (Wildman–Crippen LogP) is 2.44. The second kappa shape index (κ2) is 9.81. The fourth-order valence-corrected chi connectivity index (χ4v) is 2.25. The Labute approximate surface area is 157 Å². The summed E-state index contributed by atoms with van der Waals surface area (Å²) in [5, 5.41) is 6.15. The van der Waals surface area contributed by atoms with E-state index in [9.17, 15) is 0 Å². The lowest BCUT2D eigenvalue weighted by Gasteiger charge is -2.10. The summed E-state index contributed by atoms with van der Waals surface area (Å²) in [6.07, 6.45) is 0. The van der Waals surface area contributed by atoms with Crippen molar-refractivity contribution in [3.8, 4) is 11.5 Å². The number of ether oxygens (including phenoxy) is 2. The van der Waals surface area contributed by atoms with E-state index < -0.39 is 0 Å². The average molecular weight is 366 g/mol. The lowest BCUT2D eigenvalue weighted by atomic mass is 10.3. The number of para-hydroxylation sites is 2. The number of nitrogens with zero attached hydrogens (tertiary/aromatic N) is 3. The number of rotatable bonds is 10. The van der Waals surface area contributed by atoms with E-state index in [0.717, 1.165) is 11.5 Å². The topological polar surface area (TPSA) is 107 Å². The normalized spacial score (nSPS) is 10.2. The predicted molar refractivity (Wildman–Crippen MR) is 105 cm³/mol. The Balaban J connectivity index is 1.41. The highest BCUT2D eigenvalue weighted by Gasteiger charge is 2.04. The molecule has 140 valence electrons. The highest BCUT2D eigenvalue weighted by molar-refractivity contribution is 5.39. The van der Waals surface area contributed by atoms with Crippen LogP contribution in [-0.4, -0.2) is 41.3 Å². The van der Waals surface area contributed by atoms with Crippen molar-refractivity contribution >= 4 is 17.8 Å². The van der Waals surface area contributed by atoms with Crippen molar-refractivity contribution in [2.24, 2.45) is 0 Å². The Morgan fingerprint density at radius 3 is 1.56 bits per heavy atom. The standard InChI is InChI=1S/C19H22N6O2/c20-17-23-18(21-11-13-26-15-7-3-1-4-8-15)25-19(24-17)22-12-14-27-16-9-5-2-6-10-16/h1-10H,11-14H2,(H4,20,21,22,23,24,25). The molecule has 8 heteroatoms. The van der Waals surface area contributed by atoms with E-state index >= 15 is 0 Å². The van der Waals surface area contributed by atoms with Gasteiger partial charge in [-0.2, -0.15) is 15.0 Å². The van der Waals surface area contributed by atoms with E-state index in [2.05, 4.69) is 25.6 Å². The van der Waals surface area contributed by atoms with Crippen LogP contribution in [0.1, 0.15) is 0 Å². The van der Waals surface area contributed by atoms with E-state index in [4.69, 9.17) is 15.2 Å². The summed E-state index contributed by atoms with van der Waals surface area (Å²) in [7, 11) is 0. The molecule has 0 saturated carbocycles. The highest BCUT2D eigenvalue weighted by Crippen LogP contribution is 2.10. The third-order valence-electron chi connectivity index (χ3n) is 3.45. The van der Waals surface area contributed by atoms with E-state index in [-0.39, 0.29) is 5.95 Å². The maximum Gasteiger partial charge on any atom is 0.229 e. The maximum absolute atomic E-state index is 5.75. The Kier molecular flexibility index (Phi) is 6.63. The van der Waals surface area contributed by atoms with Gasteiger partial charge in [0.1, 0.15) is 24.7 Å². The van der Waals surface area contributed by atoms with Gasteiger partial charge in [-0.3, -0.25) is 0 Å². The fraction of sp³-hybridized carbons (Fsp3) is 0.211. The van der Waals surface area contributed by atoms with Gasteiger partial charge in [0.25, 0.3) is 0 Å². The summed E-state index contributed by atoms with van der Waals surface area (Å²) in [5.74, 6) is 2.56. The SMILES string of the molecule is Nc1nc(NCCOc2ccccc2)nc(NCCOc2ccccc2)n1. The molecule has 4 N–H and O–H groups in total. The Morgan fingerprint density at radius 1 is 0.667 bits per heavy atom. The lowest BCUT2D eigenvalue weighted by Crippen LogP contribution is -2.17. The van der Waals surface area contributed by atoms with Crippen LogP contribution in [0.2, 0.25) is 0 Å². The number of anilines is 3. The van der Waals surface area contributed by atoms with Gasteiger partial charge in [0.15, 0.2) is 0 Å².